The molecule has 0 amide bonds. The van der Waals surface area contributed by atoms with E-state index in [0.717, 1.165) is 16.0 Å². The van der Waals surface area contributed by atoms with Gasteiger partial charge in [-0.1, -0.05) is 0 Å². The van der Waals surface area contributed by atoms with Gasteiger partial charge in [-0.15, -0.1) is 12.6 Å². The number of rotatable bonds is 1. The van der Waals surface area contributed by atoms with Crippen molar-refractivity contribution in [3.63, 3.8) is 0 Å². The van der Waals surface area contributed by atoms with E-state index < -0.39 is 0 Å². The lowest BCUT2D eigenvalue weighted by molar-refractivity contribution is -0.131. The number of hydrogen-bond donors (Lipinski definition) is 1. The number of benzene rings is 1. The summed E-state index contributed by atoms with van der Waals surface area (Å²) in [6, 6.07) is 3.68. The molecular formula is C10H12O2S. The molecule has 0 aliphatic heterocycles. The Morgan fingerprint density at radius 3 is 2.54 bits per heavy atom. The van der Waals surface area contributed by atoms with Crippen LogP contribution in [-0.4, -0.2) is 5.97 Å². The van der Waals surface area contributed by atoms with Gasteiger partial charge < -0.3 is 4.74 Å². The Kier molecular flexibility index (Phi) is 2.98. The quantitative estimate of drug-likeness (QED) is 0.424. The fourth-order valence-electron chi connectivity index (χ4n) is 1.07. The monoisotopic (exact) mass is 196 g/mol. The van der Waals surface area contributed by atoms with Gasteiger partial charge in [0.15, 0.2) is 0 Å². The second-order valence-electron chi connectivity index (χ2n) is 2.98. The summed E-state index contributed by atoms with van der Waals surface area (Å²) in [5, 5.41) is 0. The summed E-state index contributed by atoms with van der Waals surface area (Å²) >= 11 is 4.20. The molecule has 0 unspecified atom stereocenters. The lowest BCUT2D eigenvalue weighted by Crippen LogP contribution is -2.03. The number of ether oxygens (including phenoxy) is 1. The lowest BCUT2D eigenvalue weighted by Gasteiger charge is -2.08. The van der Waals surface area contributed by atoms with E-state index in [4.69, 9.17) is 4.74 Å². The van der Waals surface area contributed by atoms with E-state index in [1.165, 1.54) is 6.92 Å². The minimum absolute atomic E-state index is 0.304. The smallest absolute Gasteiger partial charge is 0.308 e. The van der Waals surface area contributed by atoms with Gasteiger partial charge in [0.25, 0.3) is 0 Å². The molecule has 0 saturated carbocycles. The Morgan fingerprint density at radius 2 is 2.00 bits per heavy atom. The van der Waals surface area contributed by atoms with Crippen molar-refractivity contribution in [2.45, 2.75) is 25.7 Å². The molecule has 13 heavy (non-hydrogen) atoms. The van der Waals surface area contributed by atoms with Crippen molar-refractivity contribution in [1.82, 2.24) is 0 Å². The number of aryl methyl sites for hydroxylation is 1. The minimum atomic E-state index is -0.304. The third kappa shape index (κ3) is 2.49. The zero-order valence-electron chi connectivity index (χ0n) is 7.92. The Labute approximate surface area is 83.3 Å². The number of carbonyl (C=O) groups excluding carboxylic acids is 1. The zero-order valence-corrected chi connectivity index (χ0v) is 8.81. The van der Waals surface area contributed by atoms with Crippen LogP contribution in [0.5, 0.6) is 5.75 Å². The molecule has 3 heteroatoms. The molecule has 1 aromatic rings. The van der Waals surface area contributed by atoms with Gasteiger partial charge in [-0.2, -0.15) is 0 Å². The van der Waals surface area contributed by atoms with Crippen LogP contribution < -0.4 is 4.74 Å². The van der Waals surface area contributed by atoms with E-state index in [-0.39, 0.29) is 5.97 Å². The van der Waals surface area contributed by atoms with Crippen LogP contribution in [0.25, 0.3) is 0 Å². The molecule has 0 heterocycles. The normalized spacial score (nSPS) is 9.85. The van der Waals surface area contributed by atoms with Crippen LogP contribution >= 0.6 is 12.6 Å². The molecule has 1 aromatic carbocycles. The second kappa shape index (κ2) is 3.83. The van der Waals surface area contributed by atoms with Gasteiger partial charge in [0.05, 0.1) is 0 Å². The molecule has 0 atom stereocenters. The van der Waals surface area contributed by atoms with E-state index in [9.17, 15) is 4.79 Å². The average Bonchev–Trinajstić information content (AvgIpc) is 1.98. The number of thiol groups is 1. The molecule has 0 aliphatic carbocycles. The maximum absolute atomic E-state index is 10.7. The summed E-state index contributed by atoms with van der Waals surface area (Å²) < 4.78 is 5.02. The summed E-state index contributed by atoms with van der Waals surface area (Å²) in [4.78, 5) is 11.5. The highest BCUT2D eigenvalue weighted by Gasteiger charge is 2.05. The van der Waals surface area contributed by atoms with Gasteiger partial charge in [0.1, 0.15) is 5.75 Å². The molecule has 0 bridgehead atoms. The molecular weight excluding hydrogens is 184 g/mol. The van der Waals surface area contributed by atoms with Crippen LogP contribution in [-0.2, 0) is 4.79 Å². The Balaban J connectivity index is 3.12. The SMILES string of the molecule is CC(=O)Oc1cc(S)cc(C)c1C. The fourth-order valence-corrected chi connectivity index (χ4v) is 1.38. The number of hydrogen-bond acceptors (Lipinski definition) is 3. The van der Waals surface area contributed by atoms with Crippen molar-refractivity contribution in [1.29, 1.82) is 0 Å². The number of carbonyl (C=O) groups is 1. The van der Waals surface area contributed by atoms with Crippen molar-refractivity contribution in [2.24, 2.45) is 0 Å². The summed E-state index contributed by atoms with van der Waals surface area (Å²) in [6.45, 7) is 5.27. The average molecular weight is 196 g/mol. The molecule has 0 aliphatic rings. The minimum Gasteiger partial charge on any atom is -0.426 e. The highest BCUT2D eigenvalue weighted by atomic mass is 32.1. The highest BCUT2D eigenvalue weighted by molar-refractivity contribution is 7.80. The van der Waals surface area contributed by atoms with E-state index in [1.807, 2.05) is 19.9 Å². The van der Waals surface area contributed by atoms with Crippen LogP contribution in [0.2, 0.25) is 0 Å². The largest absolute Gasteiger partial charge is 0.426 e. The standard InChI is InChI=1S/C10H12O2S/c1-6-4-9(13)5-10(7(6)2)12-8(3)11/h4-5,13H,1-3H3. The van der Waals surface area contributed by atoms with E-state index in [1.54, 1.807) is 6.07 Å². The van der Waals surface area contributed by atoms with E-state index >= 15 is 0 Å². The molecule has 0 N–H and O–H groups in total. The van der Waals surface area contributed by atoms with E-state index in [0.29, 0.717) is 5.75 Å². The van der Waals surface area contributed by atoms with Gasteiger partial charge in [0.2, 0.25) is 0 Å². The molecule has 70 valence electrons. The maximum Gasteiger partial charge on any atom is 0.308 e. The van der Waals surface area contributed by atoms with Crippen LogP contribution in [0, 0.1) is 13.8 Å². The fraction of sp³-hybridized carbons (Fsp3) is 0.300. The summed E-state index contributed by atoms with van der Waals surface area (Å²) in [6.07, 6.45) is 0. The van der Waals surface area contributed by atoms with Crippen molar-refractivity contribution in [3.8, 4) is 5.75 Å². The first-order valence-corrected chi connectivity index (χ1v) is 4.44. The molecule has 0 saturated heterocycles. The second-order valence-corrected chi connectivity index (χ2v) is 3.50. The van der Waals surface area contributed by atoms with Crippen LogP contribution in [0.3, 0.4) is 0 Å². The molecule has 0 fully saturated rings. The van der Waals surface area contributed by atoms with Crippen LogP contribution in [0.15, 0.2) is 17.0 Å². The maximum atomic E-state index is 10.7. The summed E-state index contributed by atoms with van der Waals surface area (Å²) in [5.41, 5.74) is 2.05. The first-order chi connectivity index (χ1) is 6.00. The predicted octanol–water partition coefficient (Wildman–Crippen LogP) is 2.52. The van der Waals surface area contributed by atoms with Gasteiger partial charge in [-0.05, 0) is 37.1 Å². The Morgan fingerprint density at radius 1 is 1.38 bits per heavy atom. The van der Waals surface area contributed by atoms with Gasteiger partial charge in [-0.25, -0.2) is 0 Å². The van der Waals surface area contributed by atoms with Crippen molar-refractivity contribution >= 4 is 18.6 Å². The highest BCUT2D eigenvalue weighted by Crippen LogP contribution is 2.25. The van der Waals surface area contributed by atoms with Crippen LogP contribution in [0.1, 0.15) is 18.1 Å². The topological polar surface area (TPSA) is 26.3 Å². The zero-order chi connectivity index (χ0) is 10.0. The molecule has 0 spiro atoms. The Hall–Kier alpha value is -0.960. The van der Waals surface area contributed by atoms with Gasteiger partial charge >= 0.3 is 5.97 Å². The summed E-state index contributed by atoms with van der Waals surface area (Å²) in [5.74, 6) is 0.291. The van der Waals surface area contributed by atoms with Gasteiger partial charge in [0, 0.05) is 11.8 Å². The third-order valence-electron chi connectivity index (χ3n) is 1.86. The predicted molar refractivity (Wildman–Crippen MR) is 54.5 cm³/mol. The lowest BCUT2D eigenvalue weighted by atomic mass is 10.1. The molecule has 2 nitrogen and oxygen atoms in total. The Bertz CT molecular complexity index is 345. The van der Waals surface area contributed by atoms with Gasteiger partial charge in [-0.3, -0.25) is 4.79 Å². The first kappa shape index (κ1) is 10.1. The van der Waals surface area contributed by atoms with Crippen molar-refractivity contribution in [3.05, 3.63) is 23.3 Å². The molecule has 0 radical (unpaired) electrons. The first-order valence-electron chi connectivity index (χ1n) is 3.99. The third-order valence-corrected chi connectivity index (χ3v) is 2.12. The summed E-state index contributed by atoms with van der Waals surface area (Å²) in [7, 11) is 0. The van der Waals surface area contributed by atoms with Crippen molar-refractivity contribution < 1.29 is 9.53 Å². The molecule has 1 rings (SSSR count). The number of esters is 1. The van der Waals surface area contributed by atoms with Crippen molar-refractivity contribution in [2.75, 3.05) is 0 Å². The molecule has 0 aromatic heterocycles. The van der Waals surface area contributed by atoms with Crippen LogP contribution in [0.4, 0.5) is 0 Å². The van der Waals surface area contributed by atoms with E-state index in [2.05, 4.69) is 12.6 Å².